The van der Waals surface area contributed by atoms with Crippen LogP contribution in [0.25, 0.3) is 11.3 Å². The second kappa shape index (κ2) is 9.09. The van der Waals surface area contributed by atoms with Crippen molar-refractivity contribution in [3.8, 4) is 5.69 Å². The Labute approximate surface area is 182 Å². The largest absolute Gasteiger partial charge is 0.352 e. The van der Waals surface area contributed by atoms with Crippen molar-refractivity contribution in [2.24, 2.45) is 5.92 Å². The van der Waals surface area contributed by atoms with Gasteiger partial charge in [0.15, 0.2) is 0 Å². The number of hydrogen-bond donors (Lipinski definition) is 1. The van der Waals surface area contributed by atoms with E-state index in [1.54, 1.807) is 28.8 Å². The Kier molecular flexibility index (Phi) is 6.07. The number of carbonyl (C=O) groups excluding carboxylic acids is 1. The molecule has 0 radical (unpaired) electrons. The summed E-state index contributed by atoms with van der Waals surface area (Å²) in [7, 11) is 0. The molecule has 164 valence electrons. The Morgan fingerprint density at radius 2 is 1.84 bits per heavy atom. The molecule has 1 amide bonds. The predicted octanol–water partition coefficient (Wildman–Crippen LogP) is 3.04. The zero-order valence-electron chi connectivity index (χ0n) is 17.3. The van der Waals surface area contributed by atoms with Gasteiger partial charge in [0.25, 0.3) is 0 Å². The van der Waals surface area contributed by atoms with E-state index < -0.39 is 11.4 Å². The van der Waals surface area contributed by atoms with Gasteiger partial charge in [0.2, 0.25) is 11.6 Å². The van der Waals surface area contributed by atoms with Crippen molar-refractivity contribution < 1.29 is 13.6 Å². The maximum Gasteiger partial charge on any atom is 0.300 e. The molecule has 7 nitrogen and oxygen atoms in total. The van der Waals surface area contributed by atoms with Gasteiger partial charge in [0.05, 0.1) is 5.69 Å². The molecule has 32 heavy (non-hydrogen) atoms. The molecule has 1 unspecified atom stereocenters. The van der Waals surface area contributed by atoms with Crippen molar-refractivity contribution in [2.45, 2.75) is 26.3 Å². The number of carbonyl (C=O) groups is 1. The molecule has 0 aliphatic carbocycles. The average Bonchev–Trinajstić information content (AvgIpc) is 3.17. The van der Waals surface area contributed by atoms with E-state index in [1.165, 1.54) is 41.1 Å². The highest BCUT2D eigenvalue weighted by atomic mass is 19.1. The van der Waals surface area contributed by atoms with Gasteiger partial charge in [-0.15, -0.1) is 10.2 Å². The van der Waals surface area contributed by atoms with Gasteiger partial charge in [-0.25, -0.2) is 8.78 Å². The first kappa shape index (κ1) is 21.4. The zero-order chi connectivity index (χ0) is 22.7. The summed E-state index contributed by atoms with van der Waals surface area (Å²) in [5.41, 5.74) is 0.917. The molecule has 2 aromatic heterocycles. The molecule has 2 aromatic carbocycles. The number of halogens is 2. The Morgan fingerprint density at radius 3 is 2.59 bits per heavy atom. The standard InChI is InChI=1S/C23H21F2N5O2/c1-15(12-21(31)26-14-16-5-7-17(24)8-6-16)11-20-27-28-22-23(32)29(9-10-30(20)22)19-4-2-3-18(25)13-19/h2-10,13,15H,11-12,14H2,1H3,(H,26,31). The summed E-state index contributed by atoms with van der Waals surface area (Å²) in [5.74, 6) is -0.396. The van der Waals surface area contributed by atoms with E-state index in [1.807, 2.05) is 6.92 Å². The van der Waals surface area contributed by atoms with Gasteiger partial charge < -0.3 is 5.32 Å². The monoisotopic (exact) mass is 437 g/mol. The van der Waals surface area contributed by atoms with Gasteiger partial charge in [0, 0.05) is 31.8 Å². The van der Waals surface area contributed by atoms with Crippen LogP contribution in [-0.4, -0.2) is 25.1 Å². The normalized spacial score (nSPS) is 12.1. The molecule has 1 atom stereocenters. The van der Waals surface area contributed by atoms with E-state index in [2.05, 4.69) is 15.5 Å². The van der Waals surface area contributed by atoms with E-state index in [0.29, 0.717) is 24.5 Å². The molecular formula is C23H21F2N5O2. The zero-order valence-corrected chi connectivity index (χ0v) is 17.3. The van der Waals surface area contributed by atoms with E-state index in [-0.39, 0.29) is 29.7 Å². The van der Waals surface area contributed by atoms with Crippen LogP contribution in [0.4, 0.5) is 8.78 Å². The van der Waals surface area contributed by atoms with Gasteiger partial charge in [-0.2, -0.15) is 0 Å². The number of benzene rings is 2. The first-order chi connectivity index (χ1) is 15.4. The predicted molar refractivity (Wildman–Crippen MR) is 114 cm³/mol. The van der Waals surface area contributed by atoms with Crippen LogP contribution >= 0.6 is 0 Å². The first-order valence-corrected chi connectivity index (χ1v) is 10.1. The number of aromatic nitrogens is 4. The molecule has 0 fully saturated rings. The van der Waals surface area contributed by atoms with Crippen molar-refractivity contribution in [2.75, 3.05) is 0 Å². The lowest BCUT2D eigenvalue weighted by Gasteiger charge is -2.11. The summed E-state index contributed by atoms with van der Waals surface area (Å²) in [5, 5.41) is 10.9. The van der Waals surface area contributed by atoms with Crippen LogP contribution in [0.5, 0.6) is 0 Å². The maximum atomic E-state index is 13.5. The smallest absolute Gasteiger partial charge is 0.300 e. The van der Waals surface area contributed by atoms with Crippen molar-refractivity contribution in [1.82, 2.24) is 24.5 Å². The molecule has 9 heteroatoms. The average molecular weight is 437 g/mol. The lowest BCUT2D eigenvalue weighted by atomic mass is 10.0. The van der Waals surface area contributed by atoms with Crippen LogP contribution in [0.1, 0.15) is 24.7 Å². The van der Waals surface area contributed by atoms with Crippen LogP contribution in [0.2, 0.25) is 0 Å². The molecule has 0 saturated heterocycles. The van der Waals surface area contributed by atoms with Crippen molar-refractivity contribution in [3.63, 3.8) is 0 Å². The van der Waals surface area contributed by atoms with Gasteiger partial charge in [-0.1, -0.05) is 25.1 Å². The van der Waals surface area contributed by atoms with Crippen molar-refractivity contribution >= 4 is 11.6 Å². The molecule has 0 bridgehead atoms. The summed E-state index contributed by atoms with van der Waals surface area (Å²) in [6, 6.07) is 11.7. The highest BCUT2D eigenvalue weighted by Crippen LogP contribution is 2.13. The third-order valence-corrected chi connectivity index (χ3v) is 5.10. The minimum Gasteiger partial charge on any atom is -0.352 e. The fourth-order valence-electron chi connectivity index (χ4n) is 3.48. The topological polar surface area (TPSA) is 81.3 Å². The lowest BCUT2D eigenvalue weighted by molar-refractivity contribution is -0.122. The molecule has 0 saturated carbocycles. The van der Waals surface area contributed by atoms with Gasteiger partial charge in [-0.05, 0) is 41.8 Å². The number of nitrogens with one attached hydrogen (secondary N) is 1. The number of amides is 1. The maximum absolute atomic E-state index is 13.5. The van der Waals surface area contributed by atoms with Gasteiger partial charge >= 0.3 is 5.56 Å². The fraction of sp³-hybridized carbons (Fsp3) is 0.217. The first-order valence-electron chi connectivity index (χ1n) is 10.1. The quantitative estimate of drug-likeness (QED) is 0.482. The highest BCUT2D eigenvalue weighted by molar-refractivity contribution is 5.76. The Hall–Kier alpha value is -3.88. The van der Waals surface area contributed by atoms with Crippen LogP contribution in [0.15, 0.2) is 65.7 Å². The molecule has 1 N–H and O–H groups in total. The molecule has 0 aliphatic rings. The SMILES string of the molecule is CC(CC(=O)NCc1ccc(F)cc1)Cc1nnc2c(=O)n(-c3cccc(F)c3)ccn12. The summed E-state index contributed by atoms with van der Waals surface area (Å²) in [6.45, 7) is 2.23. The second-order valence-electron chi connectivity index (χ2n) is 7.68. The molecule has 0 spiro atoms. The Balaban J connectivity index is 1.42. The molecule has 0 aliphatic heterocycles. The second-order valence-corrected chi connectivity index (χ2v) is 7.68. The van der Waals surface area contributed by atoms with E-state index in [0.717, 1.165) is 5.56 Å². The summed E-state index contributed by atoms with van der Waals surface area (Å²) in [4.78, 5) is 25.0. The third-order valence-electron chi connectivity index (χ3n) is 5.10. The molecule has 4 aromatic rings. The highest BCUT2D eigenvalue weighted by Gasteiger charge is 2.16. The fourth-order valence-corrected chi connectivity index (χ4v) is 3.48. The number of fused-ring (bicyclic) bond motifs is 1. The van der Waals surface area contributed by atoms with Crippen molar-refractivity contribution in [1.29, 1.82) is 0 Å². The number of nitrogens with zero attached hydrogens (tertiary/aromatic N) is 4. The van der Waals surface area contributed by atoms with Crippen LogP contribution in [0.3, 0.4) is 0 Å². The van der Waals surface area contributed by atoms with Crippen LogP contribution < -0.4 is 10.9 Å². The van der Waals surface area contributed by atoms with Crippen molar-refractivity contribution in [3.05, 3.63) is 94.3 Å². The molecular weight excluding hydrogens is 416 g/mol. The van der Waals surface area contributed by atoms with Crippen LogP contribution in [0, 0.1) is 17.6 Å². The lowest BCUT2D eigenvalue weighted by Crippen LogP contribution is -2.25. The van der Waals surface area contributed by atoms with Gasteiger partial charge in [-0.3, -0.25) is 18.6 Å². The molecule has 4 rings (SSSR count). The minimum atomic E-state index is -0.442. The third kappa shape index (κ3) is 4.72. The van der Waals surface area contributed by atoms with E-state index in [9.17, 15) is 18.4 Å². The minimum absolute atomic E-state index is 0.0544. The van der Waals surface area contributed by atoms with Gasteiger partial charge in [0.1, 0.15) is 17.5 Å². The molecule has 2 heterocycles. The van der Waals surface area contributed by atoms with Crippen LogP contribution in [-0.2, 0) is 17.8 Å². The Morgan fingerprint density at radius 1 is 1.06 bits per heavy atom. The van der Waals surface area contributed by atoms with E-state index >= 15 is 0 Å². The number of rotatable bonds is 7. The summed E-state index contributed by atoms with van der Waals surface area (Å²) in [6.07, 6.45) is 3.89. The summed E-state index contributed by atoms with van der Waals surface area (Å²) >= 11 is 0. The van der Waals surface area contributed by atoms with E-state index in [4.69, 9.17) is 0 Å². The summed E-state index contributed by atoms with van der Waals surface area (Å²) < 4.78 is 29.4. The number of hydrogen-bond acceptors (Lipinski definition) is 4. The Bertz CT molecular complexity index is 1310.